The van der Waals surface area contributed by atoms with Crippen LogP contribution in [0.4, 0.5) is 14.5 Å². The number of hydrogen-bond donors (Lipinski definition) is 2. The highest BCUT2D eigenvalue weighted by Gasteiger charge is 2.14. The van der Waals surface area contributed by atoms with Crippen molar-refractivity contribution < 1.29 is 23.4 Å². The van der Waals surface area contributed by atoms with E-state index in [1.165, 1.54) is 0 Å². The fourth-order valence-corrected chi connectivity index (χ4v) is 1.96. The monoisotopic (exact) mass is 337 g/mol. The summed E-state index contributed by atoms with van der Waals surface area (Å²) in [6.07, 6.45) is -1.21. The second kappa shape index (κ2) is 7.40. The largest absolute Gasteiger partial charge is 0.466 e. The summed E-state index contributed by atoms with van der Waals surface area (Å²) in [6, 6.07) is 1.83. The van der Waals surface area contributed by atoms with Gasteiger partial charge < -0.3 is 15.2 Å². The standard InChI is InChI=1S/C12H14BrF2NO3/c1-2-19-11(18)5-8(17)6-16-12-9(13)3-7(14)4-10(12)15/h3-4,8,16-17H,2,5-6H2,1H3. The minimum Gasteiger partial charge on any atom is -0.466 e. The van der Waals surface area contributed by atoms with E-state index >= 15 is 0 Å². The fourth-order valence-electron chi connectivity index (χ4n) is 1.42. The van der Waals surface area contributed by atoms with Gasteiger partial charge in [0, 0.05) is 17.1 Å². The predicted octanol–water partition coefficient (Wildman–Crippen LogP) is 2.45. The van der Waals surface area contributed by atoms with Crippen LogP contribution in [0.2, 0.25) is 0 Å². The van der Waals surface area contributed by atoms with Crippen molar-refractivity contribution in [3.05, 3.63) is 28.2 Å². The highest BCUT2D eigenvalue weighted by Crippen LogP contribution is 2.26. The summed E-state index contributed by atoms with van der Waals surface area (Å²) in [5, 5.41) is 12.2. The molecule has 0 spiro atoms. The second-order valence-electron chi connectivity index (χ2n) is 3.79. The molecule has 106 valence electrons. The van der Waals surface area contributed by atoms with E-state index in [1.54, 1.807) is 6.92 Å². The van der Waals surface area contributed by atoms with Crippen LogP contribution in [0.3, 0.4) is 0 Å². The first-order valence-electron chi connectivity index (χ1n) is 5.66. The number of nitrogens with one attached hydrogen (secondary N) is 1. The third kappa shape index (κ3) is 5.12. The Morgan fingerprint density at radius 3 is 2.79 bits per heavy atom. The van der Waals surface area contributed by atoms with Gasteiger partial charge in [0.1, 0.15) is 11.6 Å². The number of rotatable bonds is 6. The summed E-state index contributed by atoms with van der Waals surface area (Å²) >= 11 is 3.01. The molecule has 2 N–H and O–H groups in total. The van der Waals surface area contributed by atoms with E-state index in [2.05, 4.69) is 26.0 Å². The van der Waals surface area contributed by atoms with Crippen LogP contribution in [-0.2, 0) is 9.53 Å². The molecule has 0 saturated carbocycles. The summed E-state index contributed by atoms with van der Waals surface area (Å²) in [5.74, 6) is -2.02. The van der Waals surface area contributed by atoms with Crippen LogP contribution in [0.25, 0.3) is 0 Å². The van der Waals surface area contributed by atoms with Crippen LogP contribution in [0.1, 0.15) is 13.3 Å². The second-order valence-corrected chi connectivity index (χ2v) is 4.64. The van der Waals surface area contributed by atoms with Crippen molar-refractivity contribution in [3.63, 3.8) is 0 Å². The van der Waals surface area contributed by atoms with Crippen molar-refractivity contribution in [3.8, 4) is 0 Å². The first kappa shape index (κ1) is 15.8. The molecule has 4 nitrogen and oxygen atoms in total. The number of anilines is 1. The number of carbonyl (C=O) groups excluding carboxylic acids is 1. The molecule has 0 heterocycles. The highest BCUT2D eigenvalue weighted by atomic mass is 79.9. The van der Waals surface area contributed by atoms with Crippen molar-refractivity contribution in [2.45, 2.75) is 19.4 Å². The van der Waals surface area contributed by atoms with Gasteiger partial charge in [-0.3, -0.25) is 4.79 Å². The van der Waals surface area contributed by atoms with Crippen LogP contribution in [0.15, 0.2) is 16.6 Å². The zero-order chi connectivity index (χ0) is 14.4. The van der Waals surface area contributed by atoms with E-state index in [0.29, 0.717) is 0 Å². The number of benzene rings is 1. The Balaban J connectivity index is 2.55. The van der Waals surface area contributed by atoms with Gasteiger partial charge in [0.25, 0.3) is 0 Å². The molecular weight excluding hydrogens is 324 g/mol. The SMILES string of the molecule is CCOC(=O)CC(O)CNc1c(F)cc(F)cc1Br. The highest BCUT2D eigenvalue weighted by molar-refractivity contribution is 9.10. The molecule has 19 heavy (non-hydrogen) atoms. The van der Waals surface area contributed by atoms with E-state index < -0.39 is 23.7 Å². The first-order chi connectivity index (χ1) is 8.93. The Labute approximate surface area is 117 Å². The van der Waals surface area contributed by atoms with Gasteiger partial charge in [0.05, 0.1) is 24.8 Å². The predicted molar refractivity (Wildman–Crippen MR) is 69.8 cm³/mol. The molecular formula is C12H14BrF2NO3. The molecule has 7 heteroatoms. The maximum atomic E-state index is 13.4. The third-order valence-electron chi connectivity index (χ3n) is 2.23. The molecule has 0 aliphatic rings. The summed E-state index contributed by atoms with van der Waals surface area (Å²) in [6.45, 7) is 1.84. The van der Waals surface area contributed by atoms with Crippen LogP contribution in [0, 0.1) is 11.6 Å². The van der Waals surface area contributed by atoms with Crippen LogP contribution < -0.4 is 5.32 Å². The Bertz CT molecular complexity index is 434. The number of ether oxygens (including phenoxy) is 1. The minimum absolute atomic E-state index is 0.0318. The Morgan fingerprint density at radius 2 is 2.21 bits per heavy atom. The summed E-state index contributed by atoms with van der Waals surface area (Å²) in [5.41, 5.74) is 0.0318. The molecule has 0 bridgehead atoms. The molecule has 1 unspecified atom stereocenters. The van der Waals surface area contributed by atoms with Gasteiger partial charge in [0.15, 0.2) is 0 Å². The molecule has 1 atom stereocenters. The molecule has 0 aromatic heterocycles. The Morgan fingerprint density at radius 1 is 1.53 bits per heavy atom. The van der Waals surface area contributed by atoms with Gasteiger partial charge >= 0.3 is 5.97 Å². The zero-order valence-corrected chi connectivity index (χ0v) is 11.8. The van der Waals surface area contributed by atoms with E-state index in [9.17, 15) is 18.7 Å². The smallest absolute Gasteiger partial charge is 0.308 e. The average Bonchev–Trinajstić information content (AvgIpc) is 2.27. The Hall–Kier alpha value is -1.21. The molecule has 0 saturated heterocycles. The van der Waals surface area contributed by atoms with Gasteiger partial charge in [-0.25, -0.2) is 8.78 Å². The van der Waals surface area contributed by atoms with Crippen molar-refractivity contribution in [1.29, 1.82) is 0 Å². The molecule has 1 aromatic carbocycles. The molecule has 0 fully saturated rings. The van der Waals surface area contributed by atoms with E-state index in [4.69, 9.17) is 0 Å². The molecule has 0 radical (unpaired) electrons. The topological polar surface area (TPSA) is 58.6 Å². The van der Waals surface area contributed by atoms with Gasteiger partial charge in [0.2, 0.25) is 0 Å². The molecule has 0 aliphatic heterocycles. The lowest BCUT2D eigenvalue weighted by Gasteiger charge is -2.14. The third-order valence-corrected chi connectivity index (χ3v) is 2.85. The van der Waals surface area contributed by atoms with Crippen LogP contribution in [-0.4, -0.2) is 30.3 Å². The number of carbonyl (C=O) groups is 1. The number of halogens is 3. The van der Waals surface area contributed by atoms with Crippen LogP contribution >= 0.6 is 15.9 Å². The van der Waals surface area contributed by atoms with Gasteiger partial charge in [-0.05, 0) is 28.9 Å². The maximum Gasteiger partial charge on any atom is 0.308 e. The van der Waals surface area contributed by atoms with E-state index in [1.807, 2.05) is 0 Å². The number of aliphatic hydroxyl groups is 1. The molecule has 0 amide bonds. The van der Waals surface area contributed by atoms with E-state index in [-0.39, 0.29) is 29.7 Å². The number of aliphatic hydroxyl groups excluding tert-OH is 1. The van der Waals surface area contributed by atoms with Gasteiger partial charge in [-0.2, -0.15) is 0 Å². The lowest BCUT2D eigenvalue weighted by Crippen LogP contribution is -2.24. The summed E-state index contributed by atoms with van der Waals surface area (Å²) < 4.78 is 31.2. The Kier molecular flexibility index (Phi) is 6.17. The maximum absolute atomic E-state index is 13.4. The number of esters is 1. The van der Waals surface area contributed by atoms with Crippen molar-refractivity contribution in [1.82, 2.24) is 0 Å². The van der Waals surface area contributed by atoms with Gasteiger partial charge in [-0.15, -0.1) is 0 Å². The number of hydrogen-bond acceptors (Lipinski definition) is 4. The summed E-state index contributed by atoms with van der Waals surface area (Å²) in [7, 11) is 0. The fraction of sp³-hybridized carbons (Fsp3) is 0.417. The molecule has 0 aliphatic carbocycles. The molecule has 1 rings (SSSR count). The normalized spacial score (nSPS) is 12.1. The van der Waals surface area contributed by atoms with Crippen molar-refractivity contribution >= 4 is 27.6 Å². The lowest BCUT2D eigenvalue weighted by molar-refractivity contribution is -0.145. The van der Waals surface area contributed by atoms with Crippen molar-refractivity contribution in [2.75, 3.05) is 18.5 Å². The quantitative estimate of drug-likeness (QED) is 0.783. The van der Waals surface area contributed by atoms with Crippen LogP contribution in [0.5, 0.6) is 0 Å². The summed E-state index contributed by atoms with van der Waals surface area (Å²) in [4.78, 5) is 11.1. The van der Waals surface area contributed by atoms with Gasteiger partial charge in [-0.1, -0.05) is 0 Å². The average molecular weight is 338 g/mol. The van der Waals surface area contributed by atoms with E-state index in [0.717, 1.165) is 12.1 Å². The zero-order valence-electron chi connectivity index (χ0n) is 10.3. The van der Waals surface area contributed by atoms with Crippen molar-refractivity contribution in [2.24, 2.45) is 0 Å². The molecule has 1 aromatic rings. The first-order valence-corrected chi connectivity index (χ1v) is 6.45. The minimum atomic E-state index is -1.02. The lowest BCUT2D eigenvalue weighted by atomic mass is 10.2.